The fourth-order valence-corrected chi connectivity index (χ4v) is 3.11. The molecule has 1 aliphatic heterocycles. The summed E-state index contributed by atoms with van der Waals surface area (Å²) in [6.45, 7) is 1.33. The topological polar surface area (TPSA) is 105 Å². The quantitative estimate of drug-likeness (QED) is 0.697. The molecule has 1 fully saturated rings. The molecule has 3 amide bonds. The van der Waals surface area contributed by atoms with E-state index >= 15 is 0 Å². The predicted molar refractivity (Wildman–Crippen MR) is 108 cm³/mol. The molecule has 152 valence electrons. The highest BCUT2D eigenvalue weighted by Crippen LogP contribution is 2.19. The molecule has 3 heterocycles. The Morgan fingerprint density at radius 1 is 1.17 bits per heavy atom. The van der Waals surface area contributed by atoms with Crippen LogP contribution in [0.1, 0.15) is 25.0 Å². The van der Waals surface area contributed by atoms with Crippen LogP contribution in [0.25, 0.3) is 6.08 Å². The number of piperidine rings is 1. The van der Waals surface area contributed by atoms with E-state index in [2.05, 4.69) is 15.6 Å². The van der Waals surface area contributed by atoms with Crippen molar-refractivity contribution < 1.29 is 18.8 Å². The van der Waals surface area contributed by atoms with Gasteiger partial charge < -0.3 is 20.0 Å². The van der Waals surface area contributed by atoms with Crippen molar-refractivity contribution in [1.82, 2.24) is 15.2 Å². The van der Waals surface area contributed by atoms with Crippen LogP contribution in [0.4, 0.5) is 5.82 Å². The lowest BCUT2D eigenvalue weighted by molar-refractivity contribution is -0.134. The number of nitrogens with zero attached hydrogens (tertiary/aromatic N) is 2. The maximum Gasteiger partial charge on any atom is 0.244 e. The molecule has 0 bridgehead atoms. The Morgan fingerprint density at radius 3 is 2.69 bits per heavy atom. The van der Waals surface area contributed by atoms with Gasteiger partial charge in [0.1, 0.15) is 11.6 Å². The van der Waals surface area contributed by atoms with Crippen LogP contribution in [0, 0.1) is 5.92 Å². The molecule has 2 aromatic heterocycles. The molecule has 8 nitrogen and oxygen atoms in total. The summed E-state index contributed by atoms with van der Waals surface area (Å²) in [6, 6.07) is 8.83. The van der Waals surface area contributed by atoms with Crippen molar-refractivity contribution in [2.45, 2.75) is 19.3 Å². The molecule has 8 heteroatoms. The lowest BCUT2D eigenvalue weighted by Crippen LogP contribution is -2.42. The highest BCUT2D eigenvalue weighted by Gasteiger charge is 2.27. The van der Waals surface area contributed by atoms with Gasteiger partial charge in [-0.2, -0.15) is 0 Å². The molecule has 0 spiro atoms. The minimum Gasteiger partial charge on any atom is -0.465 e. The number of carbonyl (C=O) groups excluding carboxylic acids is 3. The van der Waals surface area contributed by atoms with Gasteiger partial charge in [0.15, 0.2) is 0 Å². The van der Waals surface area contributed by atoms with Crippen LogP contribution in [-0.2, 0) is 14.4 Å². The van der Waals surface area contributed by atoms with E-state index in [0.717, 1.165) is 0 Å². The molecule has 2 N–H and O–H groups in total. The summed E-state index contributed by atoms with van der Waals surface area (Å²) in [6.07, 6.45) is 7.55. The summed E-state index contributed by atoms with van der Waals surface area (Å²) < 4.78 is 5.11. The number of carbonyl (C=O) groups is 3. The molecule has 0 aliphatic carbocycles. The molecule has 0 unspecified atom stereocenters. The minimum absolute atomic E-state index is 0.0242. The van der Waals surface area contributed by atoms with E-state index in [-0.39, 0.29) is 36.6 Å². The number of pyridine rings is 1. The van der Waals surface area contributed by atoms with Gasteiger partial charge in [-0.25, -0.2) is 4.98 Å². The van der Waals surface area contributed by atoms with E-state index in [4.69, 9.17) is 4.42 Å². The molecule has 1 aliphatic rings. The Hall–Kier alpha value is -3.42. The van der Waals surface area contributed by atoms with Gasteiger partial charge in [0.2, 0.25) is 17.7 Å². The maximum atomic E-state index is 12.3. The number of aromatic nitrogens is 1. The molecular formula is C21H24N4O4. The first-order valence-electron chi connectivity index (χ1n) is 9.61. The Bertz CT molecular complexity index is 841. The largest absolute Gasteiger partial charge is 0.465 e. The first-order chi connectivity index (χ1) is 14.1. The zero-order valence-electron chi connectivity index (χ0n) is 16.0. The second-order valence-electron chi connectivity index (χ2n) is 6.75. The minimum atomic E-state index is -0.279. The number of amides is 3. The monoisotopic (exact) mass is 396 g/mol. The van der Waals surface area contributed by atoms with Crippen molar-refractivity contribution in [3.8, 4) is 0 Å². The number of rotatable bonds is 7. The normalized spacial score (nSPS) is 14.7. The molecule has 0 radical (unpaired) electrons. The van der Waals surface area contributed by atoms with Crippen molar-refractivity contribution in [3.05, 3.63) is 54.6 Å². The average Bonchev–Trinajstić information content (AvgIpc) is 3.27. The van der Waals surface area contributed by atoms with Gasteiger partial charge in [-0.3, -0.25) is 14.4 Å². The van der Waals surface area contributed by atoms with E-state index < -0.39 is 0 Å². The second-order valence-corrected chi connectivity index (χ2v) is 6.75. The standard InChI is InChI=1S/C21H24N4O4/c26-19(7-6-17-4-3-15-29-17)23-12-8-20(27)25-13-9-16(10-14-25)21(28)24-18-5-1-2-11-22-18/h1-7,11,15-16H,8-10,12-14H2,(H,23,26)(H,22,24,28)/b7-6+. The number of hydrogen-bond donors (Lipinski definition) is 2. The van der Waals surface area contributed by atoms with Crippen LogP contribution >= 0.6 is 0 Å². The van der Waals surface area contributed by atoms with E-state index in [1.807, 2.05) is 6.07 Å². The third-order valence-corrected chi connectivity index (χ3v) is 4.71. The lowest BCUT2D eigenvalue weighted by Gasteiger charge is -2.31. The average molecular weight is 396 g/mol. The molecule has 29 heavy (non-hydrogen) atoms. The molecule has 0 saturated carbocycles. The Kier molecular flexibility index (Phi) is 7.16. The van der Waals surface area contributed by atoms with Crippen LogP contribution in [-0.4, -0.2) is 47.2 Å². The first kappa shape index (κ1) is 20.3. The lowest BCUT2D eigenvalue weighted by atomic mass is 9.95. The van der Waals surface area contributed by atoms with Crippen LogP contribution in [0.3, 0.4) is 0 Å². The highest BCUT2D eigenvalue weighted by atomic mass is 16.3. The number of furan rings is 1. The zero-order chi connectivity index (χ0) is 20.5. The van der Waals surface area contributed by atoms with E-state index in [1.54, 1.807) is 41.4 Å². The fraction of sp³-hybridized carbons (Fsp3) is 0.333. The Morgan fingerprint density at radius 2 is 2.00 bits per heavy atom. The van der Waals surface area contributed by atoms with Gasteiger partial charge in [0.05, 0.1) is 6.26 Å². The van der Waals surface area contributed by atoms with Gasteiger partial charge in [0, 0.05) is 44.2 Å². The molecular weight excluding hydrogens is 372 g/mol. The highest BCUT2D eigenvalue weighted by molar-refractivity contribution is 5.92. The second kappa shape index (κ2) is 10.2. The third kappa shape index (κ3) is 6.31. The Balaban J connectivity index is 1.34. The maximum absolute atomic E-state index is 12.3. The molecule has 3 rings (SSSR count). The number of hydrogen-bond acceptors (Lipinski definition) is 5. The first-order valence-corrected chi connectivity index (χ1v) is 9.61. The molecule has 2 aromatic rings. The number of likely N-dealkylation sites (tertiary alicyclic amines) is 1. The van der Waals surface area contributed by atoms with Crippen molar-refractivity contribution >= 4 is 29.6 Å². The third-order valence-electron chi connectivity index (χ3n) is 4.71. The van der Waals surface area contributed by atoms with Gasteiger partial charge in [0.25, 0.3) is 0 Å². The molecule has 0 aromatic carbocycles. The zero-order valence-corrected chi connectivity index (χ0v) is 16.0. The molecule has 0 atom stereocenters. The van der Waals surface area contributed by atoms with Crippen molar-refractivity contribution in [2.75, 3.05) is 25.0 Å². The van der Waals surface area contributed by atoms with Crippen LogP contribution in [0.5, 0.6) is 0 Å². The van der Waals surface area contributed by atoms with E-state index in [1.165, 1.54) is 12.3 Å². The number of anilines is 1. The van der Waals surface area contributed by atoms with Crippen molar-refractivity contribution in [1.29, 1.82) is 0 Å². The Labute approximate surface area is 169 Å². The summed E-state index contributed by atoms with van der Waals surface area (Å²) in [5, 5.41) is 5.49. The summed E-state index contributed by atoms with van der Waals surface area (Å²) in [5.74, 6) is 0.626. The van der Waals surface area contributed by atoms with Gasteiger partial charge in [-0.1, -0.05) is 6.07 Å². The van der Waals surface area contributed by atoms with E-state index in [9.17, 15) is 14.4 Å². The number of nitrogens with one attached hydrogen (secondary N) is 2. The summed E-state index contributed by atoms with van der Waals surface area (Å²) in [4.78, 5) is 42.2. The summed E-state index contributed by atoms with van der Waals surface area (Å²) in [7, 11) is 0. The van der Waals surface area contributed by atoms with Gasteiger partial charge in [-0.05, 0) is 43.2 Å². The smallest absolute Gasteiger partial charge is 0.244 e. The SMILES string of the molecule is O=C(/C=C/c1ccco1)NCCC(=O)N1CCC(C(=O)Nc2ccccn2)CC1. The van der Waals surface area contributed by atoms with E-state index in [0.29, 0.717) is 37.5 Å². The van der Waals surface area contributed by atoms with Crippen molar-refractivity contribution in [2.24, 2.45) is 5.92 Å². The molecule has 1 saturated heterocycles. The van der Waals surface area contributed by atoms with Gasteiger partial charge >= 0.3 is 0 Å². The van der Waals surface area contributed by atoms with Crippen molar-refractivity contribution in [3.63, 3.8) is 0 Å². The predicted octanol–water partition coefficient (Wildman–Crippen LogP) is 2.07. The summed E-state index contributed by atoms with van der Waals surface area (Å²) >= 11 is 0. The fourth-order valence-electron chi connectivity index (χ4n) is 3.11. The van der Waals surface area contributed by atoms with Crippen LogP contribution in [0.2, 0.25) is 0 Å². The van der Waals surface area contributed by atoms with Crippen LogP contribution < -0.4 is 10.6 Å². The van der Waals surface area contributed by atoms with Crippen LogP contribution in [0.15, 0.2) is 53.3 Å². The van der Waals surface area contributed by atoms with Gasteiger partial charge in [-0.15, -0.1) is 0 Å². The summed E-state index contributed by atoms with van der Waals surface area (Å²) in [5.41, 5.74) is 0.